The van der Waals surface area contributed by atoms with Crippen molar-refractivity contribution >= 4 is 15.7 Å². The van der Waals surface area contributed by atoms with Crippen molar-refractivity contribution in [2.24, 2.45) is 0 Å². The molecule has 0 saturated carbocycles. The van der Waals surface area contributed by atoms with E-state index in [9.17, 15) is 17.2 Å². The van der Waals surface area contributed by atoms with E-state index in [0.29, 0.717) is 0 Å². The first kappa shape index (κ1) is 12.9. The predicted octanol–water partition coefficient (Wildman–Crippen LogP) is 1.19. The van der Waals surface area contributed by atoms with Crippen LogP contribution >= 0.6 is 0 Å². The van der Waals surface area contributed by atoms with Crippen LogP contribution in [0.2, 0.25) is 0 Å². The molecule has 2 N–H and O–H groups in total. The fourth-order valence-corrected chi connectivity index (χ4v) is 2.41. The van der Waals surface area contributed by atoms with E-state index in [0.717, 1.165) is 16.4 Å². The standard InChI is InChI=1S/C9H12F2N2O2S/c1-3-13(2)16(14,15)9-7(10)4-6(12)5-8(9)11/h4-5H,3,12H2,1-2H3. The first-order valence-corrected chi connectivity index (χ1v) is 5.95. The fourth-order valence-electron chi connectivity index (χ4n) is 1.15. The van der Waals surface area contributed by atoms with Gasteiger partial charge in [-0.3, -0.25) is 0 Å². The molecule has 4 nitrogen and oxygen atoms in total. The van der Waals surface area contributed by atoms with E-state index in [-0.39, 0.29) is 12.2 Å². The highest BCUT2D eigenvalue weighted by Crippen LogP contribution is 2.24. The number of nitrogen functional groups attached to an aromatic ring is 1. The molecule has 0 aliphatic rings. The topological polar surface area (TPSA) is 63.4 Å². The van der Waals surface area contributed by atoms with Crippen molar-refractivity contribution in [3.8, 4) is 0 Å². The summed E-state index contributed by atoms with van der Waals surface area (Å²) in [6.07, 6.45) is 0. The lowest BCUT2D eigenvalue weighted by Gasteiger charge is -2.16. The second-order valence-corrected chi connectivity index (χ2v) is 5.21. The van der Waals surface area contributed by atoms with Crippen LogP contribution in [0.15, 0.2) is 17.0 Å². The fraction of sp³-hybridized carbons (Fsp3) is 0.333. The molecule has 0 amide bonds. The van der Waals surface area contributed by atoms with E-state index in [1.54, 1.807) is 6.92 Å². The normalized spacial score (nSPS) is 12.1. The molecule has 16 heavy (non-hydrogen) atoms. The number of sulfonamides is 1. The lowest BCUT2D eigenvalue weighted by Crippen LogP contribution is -2.28. The Hall–Kier alpha value is -1.21. The summed E-state index contributed by atoms with van der Waals surface area (Å²) in [5.41, 5.74) is 5.03. The van der Waals surface area contributed by atoms with Gasteiger partial charge in [-0.1, -0.05) is 6.92 Å². The van der Waals surface area contributed by atoms with Crippen molar-refractivity contribution in [2.45, 2.75) is 11.8 Å². The number of benzene rings is 1. The molecule has 0 unspecified atom stereocenters. The van der Waals surface area contributed by atoms with Crippen molar-refractivity contribution in [3.63, 3.8) is 0 Å². The summed E-state index contributed by atoms with van der Waals surface area (Å²) in [6, 6.07) is 1.55. The molecule has 1 aromatic carbocycles. The minimum absolute atomic E-state index is 0.117. The van der Waals surface area contributed by atoms with Crippen molar-refractivity contribution in [1.29, 1.82) is 0 Å². The SMILES string of the molecule is CCN(C)S(=O)(=O)c1c(F)cc(N)cc1F. The molecule has 0 spiro atoms. The Bertz CT molecular complexity index is 479. The van der Waals surface area contributed by atoms with Gasteiger partial charge in [-0.05, 0) is 12.1 Å². The second kappa shape index (κ2) is 4.34. The van der Waals surface area contributed by atoms with Crippen LogP contribution < -0.4 is 5.73 Å². The number of halogens is 2. The molecule has 1 aromatic rings. The Balaban J connectivity index is 3.45. The molecule has 90 valence electrons. The van der Waals surface area contributed by atoms with Gasteiger partial charge in [-0.2, -0.15) is 0 Å². The van der Waals surface area contributed by atoms with Gasteiger partial charge < -0.3 is 5.73 Å². The Morgan fingerprint density at radius 3 is 2.12 bits per heavy atom. The molecule has 1 rings (SSSR count). The highest BCUT2D eigenvalue weighted by atomic mass is 32.2. The maximum Gasteiger partial charge on any atom is 0.248 e. The first-order chi connectivity index (χ1) is 7.30. The smallest absolute Gasteiger partial charge is 0.248 e. The van der Waals surface area contributed by atoms with E-state index >= 15 is 0 Å². The molecule has 0 radical (unpaired) electrons. The highest BCUT2D eigenvalue weighted by molar-refractivity contribution is 7.89. The zero-order valence-corrected chi connectivity index (χ0v) is 9.68. The van der Waals surface area contributed by atoms with E-state index in [1.807, 2.05) is 0 Å². The Labute approximate surface area is 92.7 Å². The van der Waals surface area contributed by atoms with E-state index in [4.69, 9.17) is 5.73 Å². The zero-order chi connectivity index (χ0) is 12.5. The summed E-state index contributed by atoms with van der Waals surface area (Å²) in [4.78, 5) is -0.967. The molecular formula is C9H12F2N2O2S. The van der Waals surface area contributed by atoms with Crippen LogP contribution in [0, 0.1) is 11.6 Å². The quantitative estimate of drug-likeness (QED) is 0.819. The number of nitrogens with zero attached hydrogens (tertiary/aromatic N) is 1. The summed E-state index contributed by atoms with van der Waals surface area (Å²) in [7, 11) is -2.90. The van der Waals surface area contributed by atoms with Gasteiger partial charge in [0, 0.05) is 19.3 Å². The third-order valence-corrected chi connectivity index (χ3v) is 4.12. The Morgan fingerprint density at radius 2 is 1.75 bits per heavy atom. The van der Waals surface area contributed by atoms with Crippen molar-refractivity contribution in [2.75, 3.05) is 19.3 Å². The van der Waals surface area contributed by atoms with Crippen LogP contribution in [0.25, 0.3) is 0 Å². The van der Waals surface area contributed by atoms with E-state index < -0.39 is 26.6 Å². The molecule has 0 bridgehead atoms. The third-order valence-electron chi connectivity index (χ3n) is 2.13. The molecule has 0 atom stereocenters. The molecular weight excluding hydrogens is 238 g/mol. The summed E-state index contributed by atoms with van der Waals surface area (Å²) in [5, 5.41) is 0. The number of nitrogens with two attached hydrogens (primary N) is 1. The van der Waals surface area contributed by atoms with Gasteiger partial charge in [0.2, 0.25) is 10.0 Å². The number of hydrogen-bond donors (Lipinski definition) is 1. The highest BCUT2D eigenvalue weighted by Gasteiger charge is 2.27. The van der Waals surface area contributed by atoms with Crippen molar-refractivity contribution < 1.29 is 17.2 Å². The summed E-state index contributed by atoms with van der Waals surface area (Å²) in [5.74, 6) is -2.37. The van der Waals surface area contributed by atoms with Gasteiger partial charge in [0.15, 0.2) is 4.90 Å². The molecule has 7 heteroatoms. The average molecular weight is 250 g/mol. The maximum atomic E-state index is 13.4. The molecule has 0 aliphatic carbocycles. The molecule has 0 fully saturated rings. The molecule has 0 heterocycles. The van der Waals surface area contributed by atoms with Crippen molar-refractivity contribution in [1.82, 2.24) is 4.31 Å². The molecule has 0 saturated heterocycles. The van der Waals surface area contributed by atoms with Gasteiger partial charge in [-0.15, -0.1) is 0 Å². The zero-order valence-electron chi connectivity index (χ0n) is 8.87. The second-order valence-electron chi connectivity index (χ2n) is 3.23. The summed E-state index contributed by atoms with van der Waals surface area (Å²) in [6.45, 7) is 1.68. The largest absolute Gasteiger partial charge is 0.399 e. The number of rotatable bonds is 3. The molecule has 0 aliphatic heterocycles. The lowest BCUT2D eigenvalue weighted by atomic mass is 10.3. The molecule has 0 aromatic heterocycles. The average Bonchev–Trinajstić information content (AvgIpc) is 2.14. The van der Waals surface area contributed by atoms with Crippen LogP contribution in [-0.2, 0) is 10.0 Å². The van der Waals surface area contributed by atoms with Crippen LogP contribution in [-0.4, -0.2) is 26.3 Å². The number of anilines is 1. The first-order valence-electron chi connectivity index (χ1n) is 4.51. The maximum absolute atomic E-state index is 13.4. The van der Waals surface area contributed by atoms with Gasteiger partial charge in [-0.25, -0.2) is 21.5 Å². The predicted molar refractivity (Wildman–Crippen MR) is 56.3 cm³/mol. The van der Waals surface area contributed by atoms with Crippen LogP contribution in [0.1, 0.15) is 6.92 Å². The van der Waals surface area contributed by atoms with Crippen molar-refractivity contribution in [3.05, 3.63) is 23.8 Å². The van der Waals surface area contributed by atoms with Gasteiger partial charge >= 0.3 is 0 Å². The Kier molecular flexibility index (Phi) is 3.49. The third kappa shape index (κ3) is 2.14. The van der Waals surface area contributed by atoms with E-state index in [1.165, 1.54) is 7.05 Å². The minimum atomic E-state index is -4.14. The van der Waals surface area contributed by atoms with Crippen LogP contribution in [0.3, 0.4) is 0 Å². The van der Waals surface area contributed by atoms with Crippen LogP contribution in [0.4, 0.5) is 14.5 Å². The monoisotopic (exact) mass is 250 g/mol. The number of hydrogen-bond acceptors (Lipinski definition) is 3. The van der Waals surface area contributed by atoms with Gasteiger partial charge in [0.1, 0.15) is 11.6 Å². The van der Waals surface area contributed by atoms with Gasteiger partial charge in [0.25, 0.3) is 0 Å². The minimum Gasteiger partial charge on any atom is -0.399 e. The van der Waals surface area contributed by atoms with Crippen LogP contribution in [0.5, 0.6) is 0 Å². The summed E-state index contributed by atoms with van der Waals surface area (Å²) >= 11 is 0. The summed E-state index contributed by atoms with van der Waals surface area (Å²) < 4.78 is 51.0. The van der Waals surface area contributed by atoms with Gasteiger partial charge in [0.05, 0.1) is 0 Å². The Morgan fingerprint density at radius 1 is 1.31 bits per heavy atom. The van der Waals surface area contributed by atoms with E-state index in [2.05, 4.69) is 0 Å². The lowest BCUT2D eigenvalue weighted by molar-refractivity contribution is 0.463.